The van der Waals surface area contributed by atoms with Crippen molar-refractivity contribution in [2.75, 3.05) is 11.9 Å². The van der Waals surface area contributed by atoms with E-state index in [-0.39, 0.29) is 12.4 Å². The van der Waals surface area contributed by atoms with Crippen molar-refractivity contribution in [2.24, 2.45) is 5.92 Å². The fraction of sp³-hybridized carbons (Fsp3) is 0.412. The Morgan fingerprint density at radius 3 is 2.83 bits per heavy atom. The van der Waals surface area contributed by atoms with Crippen molar-refractivity contribution in [3.8, 4) is 0 Å². The number of fused-ring (bicyclic) bond motifs is 3. The van der Waals surface area contributed by atoms with Crippen molar-refractivity contribution in [3.63, 3.8) is 0 Å². The van der Waals surface area contributed by atoms with Gasteiger partial charge in [-0.2, -0.15) is 5.10 Å². The van der Waals surface area contributed by atoms with E-state index in [0.717, 1.165) is 42.4 Å². The number of anilines is 1. The first-order valence-electron chi connectivity index (χ1n) is 8.04. The predicted molar refractivity (Wildman–Crippen MR) is 86.9 cm³/mol. The van der Waals surface area contributed by atoms with Crippen molar-refractivity contribution in [2.45, 2.75) is 31.7 Å². The van der Waals surface area contributed by atoms with Gasteiger partial charge >= 0.3 is 0 Å². The number of nitrogens with one attached hydrogen (secondary N) is 1. The number of aromatic nitrogens is 3. The first-order chi connectivity index (χ1) is 11.2. The van der Waals surface area contributed by atoms with E-state index in [9.17, 15) is 9.50 Å². The van der Waals surface area contributed by atoms with Crippen LogP contribution in [0.3, 0.4) is 0 Å². The zero-order valence-corrected chi connectivity index (χ0v) is 12.7. The zero-order valence-electron chi connectivity index (χ0n) is 12.7. The number of aliphatic hydroxyl groups excluding tert-OH is 1. The highest BCUT2D eigenvalue weighted by atomic mass is 19.1. The van der Waals surface area contributed by atoms with Crippen LogP contribution < -0.4 is 5.32 Å². The maximum atomic E-state index is 13.3. The topological polar surface area (TPSA) is 62.5 Å². The number of hydrogen-bond donors (Lipinski definition) is 2. The zero-order chi connectivity index (χ0) is 15.8. The Balaban J connectivity index is 1.60. The minimum absolute atomic E-state index is 0.284. The summed E-state index contributed by atoms with van der Waals surface area (Å²) in [4.78, 5) is 4.40. The Hall–Kier alpha value is -2.21. The number of halogens is 1. The molecule has 0 aliphatic heterocycles. The monoisotopic (exact) mass is 314 g/mol. The Labute approximate surface area is 133 Å². The van der Waals surface area contributed by atoms with Crippen LogP contribution >= 0.6 is 0 Å². The van der Waals surface area contributed by atoms with E-state index in [1.165, 1.54) is 12.1 Å². The van der Waals surface area contributed by atoms with Gasteiger partial charge < -0.3 is 10.4 Å². The maximum absolute atomic E-state index is 13.3. The molecule has 2 aromatic heterocycles. The van der Waals surface area contributed by atoms with Crippen LogP contribution in [0.2, 0.25) is 0 Å². The summed E-state index contributed by atoms with van der Waals surface area (Å²) >= 11 is 0. The molecule has 3 aromatic rings. The summed E-state index contributed by atoms with van der Waals surface area (Å²) in [6, 6.07) is 6.99. The van der Waals surface area contributed by atoms with Crippen LogP contribution in [0, 0.1) is 11.7 Å². The molecule has 1 aliphatic rings. The lowest BCUT2D eigenvalue weighted by atomic mass is 9.86. The number of rotatable bonds is 3. The summed E-state index contributed by atoms with van der Waals surface area (Å²) < 4.78 is 15.0. The van der Waals surface area contributed by atoms with Gasteiger partial charge in [-0.25, -0.2) is 13.9 Å². The second kappa shape index (κ2) is 5.77. The van der Waals surface area contributed by atoms with E-state index in [1.807, 2.05) is 6.07 Å². The van der Waals surface area contributed by atoms with Gasteiger partial charge in [0, 0.05) is 30.2 Å². The number of benzene rings is 1. The number of nitrogens with zero attached hydrogens (tertiary/aromatic N) is 3. The van der Waals surface area contributed by atoms with Crippen LogP contribution in [0.15, 0.2) is 30.6 Å². The molecule has 6 heteroatoms. The van der Waals surface area contributed by atoms with Gasteiger partial charge in [-0.15, -0.1) is 0 Å². The average molecular weight is 314 g/mol. The quantitative estimate of drug-likeness (QED) is 0.780. The number of aliphatic hydroxyl groups is 1. The van der Waals surface area contributed by atoms with Crippen LogP contribution in [0.1, 0.15) is 25.7 Å². The molecule has 23 heavy (non-hydrogen) atoms. The van der Waals surface area contributed by atoms with Crippen LogP contribution in [-0.4, -0.2) is 32.4 Å². The van der Waals surface area contributed by atoms with Crippen LogP contribution in [-0.2, 0) is 0 Å². The summed E-state index contributed by atoms with van der Waals surface area (Å²) in [6.45, 7) is 0.287. The molecule has 1 aliphatic carbocycles. The lowest BCUT2D eigenvalue weighted by Crippen LogP contribution is -2.27. The molecule has 0 saturated heterocycles. The summed E-state index contributed by atoms with van der Waals surface area (Å²) in [5, 5.41) is 17.9. The van der Waals surface area contributed by atoms with E-state index in [4.69, 9.17) is 0 Å². The lowest BCUT2D eigenvalue weighted by molar-refractivity contribution is 0.185. The fourth-order valence-corrected chi connectivity index (χ4v) is 3.39. The van der Waals surface area contributed by atoms with Crippen molar-refractivity contribution < 1.29 is 9.50 Å². The van der Waals surface area contributed by atoms with Crippen LogP contribution in [0.5, 0.6) is 0 Å². The lowest BCUT2D eigenvalue weighted by Gasteiger charge is -2.28. The Morgan fingerprint density at radius 2 is 2.04 bits per heavy atom. The van der Waals surface area contributed by atoms with Crippen molar-refractivity contribution in [3.05, 3.63) is 36.4 Å². The van der Waals surface area contributed by atoms with Crippen LogP contribution in [0.25, 0.3) is 16.4 Å². The molecular formula is C17H19FN4O. The molecule has 0 radical (unpaired) electrons. The van der Waals surface area contributed by atoms with E-state index < -0.39 is 0 Å². The minimum atomic E-state index is -0.284. The molecule has 1 aromatic carbocycles. The summed E-state index contributed by atoms with van der Waals surface area (Å²) in [5.41, 5.74) is 1.55. The van der Waals surface area contributed by atoms with Gasteiger partial charge in [-0.05, 0) is 43.7 Å². The third-order valence-corrected chi connectivity index (χ3v) is 4.73. The third-order valence-electron chi connectivity index (χ3n) is 4.73. The first kappa shape index (κ1) is 14.4. The highest BCUT2D eigenvalue weighted by molar-refractivity contribution is 5.94. The van der Waals surface area contributed by atoms with Gasteiger partial charge in [-0.3, -0.25) is 0 Å². The Kier molecular flexibility index (Phi) is 3.61. The molecule has 5 nitrogen and oxygen atoms in total. The van der Waals surface area contributed by atoms with Crippen molar-refractivity contribution in [1.82, 2.24) is 14.6 Å². The average Bonchev–Trinajstić information content (AvgIpc) is 2.92. The summed E-state index contributed by atoms with van der Waals surface area (Å²) in [6.07, 6.45) is 5.85. The summed E-state index contributed by atoms with van der Waals surface area (Å²) in [5.74, 6) is 0.973. The largest absolute Gasteiger partial charge is 0.396 e. The smallest absolute Gasteiger partial charge is 0.130 e. The molecule has 0 amide bonds. The summed E-state index contributed by atoms with van der Waals surface area (Å²) in [7, 11) is 0. The van der Waals surface area contributed by atoms with E-state index >= 15 is 0 Å². The standard InChI is InChI=1S/C17H19FN4O/c18-12-3-6-14-15(7-12)21-22-10-19-17(8-16(14)22)20-13-4-1-11(9-23)2-5-13/h3,6-8,10-11,13,20,23H,1-2,4-5,9H2. The fourth-order valence-electron chi connectivity index (χ4n) is 3.39. The molecule has 0 atom stereocenters. The van der Waals surface area contributed by atoms with E-state index in [0.29, 0.717) is 17.5 Å². The Morgan fingerprint density at radius 1 is 1.22 bits per heavy atom. The molecule has 2 heterocycles. The number of hydrogen-bond acceptors (Lipinski definition) is 4. The van der Waals surface area contributed by atoms with Gasteiger partial charge in [0.25, 0.3) is 0 Å². The maximum Gasteiger partial charge on any atom is 0.130 e. The second-order valence-electron chi connectivity index (χ2n) is 6.31. The molecule has 0 spiro atoms. The Bertz CT molecular complexity index is 839. The molecular weight excluding hydrogens is 295 g/mol. The molecule has 0 unspecified atom stereocenters. The molecule has 1 fully saturated rings. The SMILES string of the molecule is OCC1CCC(Nc2cc3c4ccc(F)cc4nn3cn2)CC1. The van der Waals surface area contributed by atoms with Crippen LogP contribution in [0.4, 0.5) is 10.2 Å². The van der Waals surface area contributed by atoms with Gasteiger partial charge in [0.05, 0.1) is 11.0 Å². The van der Waals surface area contributed by atoms with E-state index in [2.05, 4.69) is 15.4 Å². The second-order valence-corrected chi connectivity index (χ2v) is 6.31. The van der Waals surface area contributed by atoms with Gasteiger partial charge in [0.2, 0.25) is 0 Å². The molecule has 2 N–H and O–H groups in total. The van der Waals surface area contributed by atoms with Crippen molar-refractivity contribution in [1.29, 1.82) is 0 Å². The first-order valence-corrected chi connectivity index (χ1v) is 8.04. The van der Waals surface area contributed by atoms with Gasteiger partial charge in [0.15, 0.2) is 0 Å². The highest BCUT2D eigenvalue weighted by Crippen LogP contribution is 2.27. The molecule has 4 rings (SSSR count). The minimum Gasteiger partial charge on any atom is -0.396 e. The molecule has 0 bridgehead atoms. The normalized spacial score (nSPS) is 21.8. The third kappa shape index (κ3) is 2.74. The highest BCUT2D eigenvalue weighted by Gasteiger charge is 2.20. The van der Waals surface area contributed by atoms with Gasteiger partial charge in [0.1, 0.15) is 18.0 Å². The van der Waals surface area contributed by atoms with E-state index in [1.54, 1.807) is 16.9 Å². The van der Waals surface area contributed by atoms with Crippen molar-refractivity contribution >= 4 is 22.2 Å². The molecule has 120 valence electrons. The molecule has 1 saturated carbocycles. The van der Waals surface area contributed by atoms with Gasteiger partial charge in [-0.1, -0.05) is 0 Å². The predicted octanol–water partition coefficient (Wildman–Crippen LogP) is 2.98.